The van der Waals surface area contributed by atoms with E-state index in [2.05, 4.69) is 17.0 Å². The summed E-state index contributed by atoms with van der Waals surface area (Å²) in [6, 6.07) is 6.36. The number of piperidine rings is 1. The van der Waals surface area contributed by atoms with Gasteiger partial charge in [-0.1, -0.05) is 6.92 Å². The van der Waals surface area contributed by atoms with Crippen LogP contribution in [0.5, 0.6) is 5.75 Å². The predicted molar refractivity (Wildman–Crippen MR) is 81.0 cm³/mol. The smallest absolute Gasteiger partial charge is 0.240 e. The molecule has 2 unspecified atom stereocenters. The fourth-order valence-corrected chi connectivity index (χ4v) is 3.51. The number of sulfonamides is 1. The molecule has 2 atom stereocenters. The molecular weight excluding hydrogens is 300 g/mol. The third kappa shape index (κ3) is 4.09. The molecule has 0 amide bonds. The molecule has 1 aliphatic heterocycles. The quantitative estimate of drug-likeness (QED) is 0.880. The number of halogens is 1. The van der Waals surface area contributed by atoms with E-state index in [0.29, 0.717) is 18.2 Å². The number of hydrogen-bond acceptors (Lipinski definition) is 4. The van der Waals surface area contributed by atoms with E-state index in [1.54, 1.807) is 31.4 Å². The fraction of sp³-hybridized carbons (Fsp3) is 0.538. The Balaban J connectivity index is 0.00000200. The molecule has 1 aliphatic rings. The highest BCUT2D eigenvalue weighted by Gasteiger charge is 2.26. The van der Waals surface area contributed by atoms with Crippen LogP contribution in [0.4, 0.5) is 0 Å². The zero-order valence-electron chi connectivity index (χ0n) is 11.6. The molecule has 0 saturated carbocycles. The van der Waals surface area contributed by atoms with Crippen LogP contribution in [0.25, 0.3) is 0 Å². The van der Waals surface area contributed by atoms with Gasteiger partial charge in [0, 0.05) is 12.6 Å². The molecule has 7 heteroatoms. The zero-order chi connectivity index (χ0) is 13.9. The summed E-state index contributed by atoms with van der Waals surface area (Å²) < 4.78 is 32.3. The van der Waals surface area contributed by atoms with Crippen LogP contribution < -0.4 is 14.8 Å². The zero-order valence-corrected chi connectivity index (χ0v) is 13.3. The monoisotopic (exact) mass is 320 g/mol. The molecule has 2 N–H and O–H groups in total. The van der Waals surface area contributed by atoms with Gasteiger partial charge in [-0.05, 0) is 43.1 Å². The molecule has 114 valence electrons. The van der Waals surface area contributed by atoms with Crippen molar-refractivity contribution in [2.24, 2.45) is 5.92 Å². The highest BCUT2D eigenvalue weighted by molar-refractivity contribution is 7.89. The second kappa shape index (κ2) is 7.26. The number of ether oxygens (including phenoxy) is 1. The SMILES string of the molecule is COc1ccc(S(=O)(=O)NC2CNCCC2C)cc1.Cl. The van der Waals surface area contributed by atoms with E-state index in [1.807, 2.05) is 0 Å². The van der Waals surface area contributed by atoms with Gasteiger partial charge in [-0.2, -0.15) is 0 Å². The number of hydrogen-bond donors (Lipinski definition) is 2. The number of methoxy groups -OCH3 is 1. The van der Waals surface area contributed by atoms with Gasteiger partial charge >= 0.3 is 0 Å². The first-order valence-corrected chi connectivity index (χ1v) is 7.88. The first kappa shape index (κ1) is 17.2. The molecular formula is C13H21ClN2O3S. The van der Waals surface area contributed by atoms with E-state index < -0.39 is 10.0 Å². The Morgan fingerprint density at radius 3 is 2.50 bits per heavy atom. The molecule has 1 aromatic rings. The maximum Gasteiger partial charge on any atom is 0.240 e. The van der Waals surface area contributed by atoms with Crippen molar-refractivity contribution in [2.75, 3.05) is 20.2 Å². The molecule has 0 bridgehead atoms. The summed E-state index contributed by atoms with van der Waals surface area (Å²) in [6.07, 6.45) is 0.982. The summed E-state index contributed by atoms with van der Waals surface area (Å²) in [4.78, 5) is 0.270. The highest BCUT2D eigenvalue weighted by atomic mass is 35.5. The molecule has 0 aromatic heterocycles. The average molecular weight is 321 g/mol. The summed E-state index contributed by atoms with van der Waals surface area (Å²) in [6.45, 7) is 3.69. The van der Waals surface area contributed by atoms with Crippen LogP contribution >= 0.6 is 12.4 Å². The van der Waals surface area contributed by atoms with Gasteiger partial charge in [0.2, 0.25) is 10.0 Å². The molecule has 0 aliphatic carbocycles. The largest absolute Gasteiger partial charge is 0.497 e. The van der Waals surface area contributed by atoms with Crippen LogP contribution in [0, 0.1) is 5.92 Å². The van der Waals surface area contributed by atoms with E-state index in [1.165, 1.54) is 0 Å². The van der Waals surface area contributed by atoms with E-state index in [-0.39, 0.29) is 23.3 Å². The van der Waals surface area contributed by atoms with Gasteiger partial charge in [0.15, 0.2) is 0 Å². The first-order chi connectivity index (χ1) is 9.03. The Bertz CT molecular complexity index is 519. The Morgan fingerprint density at radius 1 is 1.30 bits per heavy atom. The number of nitrogens with one attached hydrogen (secondary N) is 2. The van der Waals surface area contributed by atoms with Crippen LogP contribution in [0.3, 0.4) is 0 Å². The van der Waals surface area contributed by atoms with Gasteiger partial charge in [0.1, 0.15) is 5.75 Å². The van der Waals surface area contributed by atoms with Gasteiger partial charge in [-0.25, -0.2) is 13.1 Å². The molecule has 0 spiro atoms. The van der Waals surface area contributed by atoms with Crippen molar-refractivity contribution in [3.8, 4) is 5.75 Å². The third-order valence-corrected chi connectivity index (χ3v) is 5.01. The summed E-state index contributed by atoms with van der Waals surface area (Å²) in [5.41, 5.74) is 0. The molecule has 1 fully saturated rings. The lowest BCUT2D eigenvalue weighted by atomic mass is 9.96. The van der Waals surface area contributed by atoms with Gasteiger partial charge < -0.3 is 10.1 Å². The van der Waals surface area contributed by atoms with Crippen molar-refractivity contribution >= 4 is 22.4 Å². The summed E-state index contributed by atoms with van der Waals surface area (Å²) >= 11 is 0. The summed E-state index contributed by atoms with van der Waals surface area (Å²) in [5, 5.41) is 3.21. The summed E-state index contributed by atoms with van der Waals surface area (Å²) in [7, 11) is -1.91. The molecule has 5 nitrogen and oxygen atoms in total. The van der Waals surface area contributed by atoms with Crippen molar-refractivity contribution < 1.29 is 13.2 Å². The van der Waals surface area contributed by atoms with Crippen LogP contribution in [-0.4, -0.2) is 34.7 Å². The van der Waals surface area contributed by atoms with Gasteiger partial charge in [0.05, 0.1) is 12.0 Å². The van der Waals surface area contributed by atoms with Gasteiger partial charge in [-0.3, -0.25) is 0 Å². The van der Waals surface area contributed by atoms with Crippen molar-refractivity contribution in [3.05, 3.63) is 24.3 Å². The van der Waals surface area contributed by atoms with Crippen molar-refractivity contribution in [3.63, 3.8) is 0 Å². The first-order valence-electron chi connectivity index (χ1n) is 6.40. The second-order valence-electron chi connectivity index (χ2n) is 4.87. The minimum atomic E-state index is -3.46. The molecule has 2 rings (SSSR count). The molecule has 0 radical (unpaired) electrons. The van der Waals surface area contributed by atoms with Crippen molar-refractivity contribution in [1.29, 1.82) is 0 Å². The lowest BCUT2D eigenvalue weighted by Crippen LogP contribution is -2.50. The van der Waals surface area contributed by atoms with E-state index in [9.17, 15) is 8.42 Å². The van der Waals surface area contributed by atoms with E-state index >= 15 is 0 Å². The lowest BCUT2D eigenvalue weighted by Gasteiger charge is -2.29. The molecule has 1 saturated heterocycles. The summed E-state index contributed by atoms with van der Waals surface area (Å²) in [5.74, 6) is 0.987. The maximum atomic E-state index is 12.3. The Hall–Kier alpha value is -0.820. The van der Waals surface area contributed by atoms with Gasteiger partial charge in [0.25, 0.3) is 0 Å². The van der Waals surface area contributed by atoms with E-state index in [0.717, 1.165) is 13.0 Å². The Labute approximate surface area is 126 Å². The molecule has 20 heavy (non-hydrogen) atoms. The molecule has 1 heterocycles. The van der Waals surface area contributed by atoms with Crippen LogP contribution in [0.1, 0.15) is 13.3 Å². The molecule has 1 aromatic carbocycles. The standard InChI is InChI=1S/C13H20N2O3S.ClH/c1-10-7-8-14-9-13(10)15-19(16,17)12-5-3-11(18-2)4-6-12;/h3-6,10,13-15H,7-9H2,1-2H3;1H. The normalized spacial score (nSPS) is 22.9. The maximum absolute atomic E-state index is 12.3. The fourth-order valence-electron chi connectivity index (χ4n) is 2.17. The Morgan fingerprint density at radius 2 is 1.95 bits per heavy atom. The Kier molecular flexibility index (Phi) is 6.26. The van der Waals surface area contributed by atoms with E-state index in [4.69, 9.17) is 4.74 Å². The number of benzene rings is 1. The van der Waals surface area contributed by atoms with Crippen LogP contribution in [0.15, 0.2) is 29.2 Å². The minimum absolute atomic E-state index is 0. The highest BCUT2D eigenvalue weighted by Crippen LogP contribution is 2.18. The second-order valence-corrected chi connectivity index (χ2v) is 6.59. The topological polar surface area (TPSA) is 67.4 Å². The third-order valence-electron chi connectivity index (χ3n) is 3.50. The van der Waals surface area contributed by atoms with Crippen LogP contribution in [0.2, 0.25) is 0 Å². The van der Waals surface area contributed by atoms with Gasteiger partial charge in [-0.15, -0.1) is 12.4 Å². The minimum Gasteiger partial charge on any atom is -0.497 e. The van der Waals surface area contributed by atoms with Crippen molar-refractivity contribution in [2.45, 2.75) is 24.3 Å². The lowest BCUT2D eigenvalue weighted by molar-refractivity contribution is 0.327. The van der Waals surface area contributed by atoms with Crippen molar-refractivity contribution in [1.82, 2.24) is 10.0 Å². The number of rotatable bonds is 4. The van der Waals surface area contributed by atoms with Crippen LogP contribution in [-0.2, 0) is 10.0 Å². The average Bonchev–Trinajstić information content (AvgIpc) is 2.41. The predicted octanol–water partition coefficient (Wildman–Crippen LogP) is 1.39.